The van der Waals surface area contributed by atoms with Crippen LogP contribution in [0.2, 0.25) is 0 Å². The molecule has 0 spiro atoms. The van der Waals surface area contributed by atoms with Crippen LogP contribution in [-0.2, 0) is 6.18 Å². The van der Waals surface area contributed by atoms with Crippen molar-refractivity contribution in [2.75, 3.05) is 0 Å². The first-order valence-corrected chi connectivity index (χ1v) is 5.88. The van der Waals surface area contributed by atoms with Gasteiger partial charge in [-0.15, -0.1) is 0 Å². The quantitative estimate of drug-likeness (QED) is 0.746. The van der Waals surface area contributed by atoms with Gasteiger partial charge in [0.05, 0.1) is 11.1 Å². The van der Waals surface area contributed by atoms with E-state index in [0.29, 0.717) is 5.52 Å². The number of fused-ring (bicyclic) bond motifs is 1. The molecule has 0 saturated carbocycles. The van der Waals surface area contributed by atoms with Crippen molar-refractivity contribution in [3.05, 3.63) is 47.7 Å². The van der Waals surface area contributed by atoms with E-state index in [1.807, 2.05) is 0 Å². The van der Waals surface area contributed by atoms with Gasteiger partial charge in [0, 0.05) is 17.7 Å². The predicted molar refractivity (Wildman–Crippen MR) is 68.0 cm³/mol. The number of benzene rings is 1. The molecule has 0 saturated heterocycles. The van der Waals surface area contributed by atoms with E-state index in [4.69, 9.17) is 9.52 Å². The Morgan fingerprint density at radius 3 is 2.57 bits per heavy atom. The average molecular weight is 295 g/mol. The molecule has 0 aliphatic rings. The molecule has 3 rings (SSSR count). The number of furan rings is 1. The molecule has 0 aliphatic heterocycles. The Hall–Kier alpha value is -2.70. The summed E-state index contributed by atoms with van der Waals surface area (Å²) in [5.74, 6) is -0.902. The third-order valence-electron chi connectivity index (χ3n) is 3.01. The number of carboxylic acid groups (broad SMARTS) is 1. The van der Waals surface area contributed by atoms with Crippen molar-refractivity contribution in [2.24, 2.45) is 0 Å². The molecule has 0 aliphatic carbocycles. The summed E-state index contributed by atoms with van der Waals surface area (Å²) in [6, 6.07) is 7.49. The highest BCUT2D eigenvalue weighted by Crippen LogP contribution is 2.34. The molecule has 2 N–H and O–H groups in total. The summed E-state index contributed by atoms with van der Waals surface area (Å²) < 4.78 is 43.4. The number of alkyl halides is 3. The average Bonchev–Trinajstić information content (AvgIpc) is 2.95. The molecule has 3 aromatic rings. The minimum absolute atomic E-state index is 0.0423. The molecule has 4 nitrogen and oxygen atoms in total. The van der Waals surface area contributed by atoms with Crippen molar-refractivity contribution in [1.29, 1.82) is 0 Å². The zero-order valence-corrected chi connectivity index (χ0v) is 10.4. The Morgan fingerprint density at radius 2 is 1.95 bits per heavy atom. The maximum absolute atomic E-state index is 12.7. The van der Waals surface area contributed by atoms with Gasteiger partial charge in [0.1, 0.15) is 11.5 Å². The van der Waals surface area contributed by atoms with E-state index < -0.39 is 17.7 Å². The van der Waals surface area contributed by atoms with Crippen molar-refractivity contribution >= 4 is 17.1 Å². The molecule has 1 aromatic carbocycles. The number of aromatic nitrogens is 1. The highest BCUT2D eigenvalue weighted by atomic mass is 19.4. The number of aromatic amines is 1. The van der Waals surface area contributed by atoms with E-state index in [1.165, 1.54) is 24.3 Å². The van der Waals surface area contributed by atoms with E-state index >= 15 is 0 Å². The number of carbonyl (C=O) groups is 1. The normalized spacial score (nSPS) is 12.0. The van der Waals surface area contributed by atoms with E-state index in [2.05, 4.69) is 4.98 Å². The number of H-pyrrole nitrogens is 1. The fourth-order valence-electron chi connectivity index (χ4n) is 2.03. The molecule has 7 heteroatoms. The van der Waals surface area contributed by atoms with Crippen molar-refractivity contribution in [1.82, 2.24) is 4.98 Å². The number of carboxylic acids is 1. The molecule has 21 heavy (non-hydrogen) atoms. The highest BCUT2D eigenvalue weighted by molar-refractivity contribution is 5.93. The number of halogens is 3. The molecule has 0 amide bonds. The smallest absolute Gasteiger partial charge is 0.416 e. The molecule has 0 fully saturated rings. The Bertz CT molecular complexity index is 798. The summed E-state index contributed by atoms with van der Waals surface area (Å²) in [5.41, 5.74) is 0.150. The van der Waals surface area contributed by atoms with Crippen molar-refractivity contribution < 1.29 is 27.5 Å². The molecule has 0 atom stereocenters. The Kier molecular flexibility index (Phi) is 2.79. The Labute approximate surface area is 115 Å². The summed E-state index contributed by atoms with van der Waals surface area (Å²) >= 11 is 0. The van der Waals surface area contributed by atoms with Crippen LogP contribution in [0.1, 0.15) is 16.1 Å². The van der Waals surface area contributed by atoms with Gasteiger partial charge in [-0.25, -0.2) is 4.79 Å². The molecule has 0 unspecified atom stereocenters. The molecule has 2 aromatic heterocycles. The number of nitrogens with one attached hydrogen (secondary N) is 1. The molecule has 0 bridgehead atoms. The van der Waals surface area contributed by atoms with Gasteiger partial charge in [-0.05, 0) is 12.1 Å². The summed E-state index contributed by atoms with van der Waals surface area (Å²) in [4.78, 5) is 13.4. The maximum Gasteiger partial charge on any atom is 0.416 e. The van der Waals surface area contributed by atoms with Crippen LogP contribution < -0.4 is 0 Å². The fraction of sp³-hybridized carbons (Fsp3) is 0.0714. The van der Waals surface area contributed by atoms with Crippen molar-refractivity contribution in [2.45, 2.75) is 6.18 Å². The van der Waals surface area contributed by atoms with Crippen LogP contribution in [0.25, 0.3) is 22.4 Å². The summed E-state index contributed by atoms with van der Waals surface area (Å²) in [7, 11) is 0. The van der Waals surface area contributed by atoms with E-state index in [0.717, 1.165) is 12.1 Å². The topological polar surface area (TPSA) is 66.2 Å². The maximum atomic E-state index is 12.7. The van der Waals surface area contributed by atoms with Gasteiger partial charge < -0.3 is 14.5 Å². The van der Waals surface area contributed by atoms with Gasteiger partial charge in [-0.3, -0.25) is 0 Å². The zero-order chi connectivity index (χ0) is 15.2. The van der Waals surface area contributed by atoms with Crippen LogP contribution in [0, 0.1) is 0 Å². The SMILES string of the molecule is O=C(O)c1cc2oc(-c3cccc(C(F)(F)F)c3)cc2[nH]1. The third kappa shape index (κ3) is 2.37. The lowest BCUT2D eigenvalue weighted by molar-refractivity contribution is -0.137. The highest BCUT2D eigenvalue weighted by Gasteiger charge is 2.30. The number of aromatic carboxylic acids is 1. The second-order valence-electron chi connectivity index (χ2n) is 4.46. The van der Waals surface area contributed by atoms with Gasteiger partial charge >= 0.3 is 12.1 Å². The number of hydrogen-bond donors (Lipinski definition) is 2. The van der Waals surface area contributed by atoms with Crippen LogP contribution in [0.15, 0.2) is 40.8 Å². The molecule has 2 heterocycles. The first-order chi connectivity index (χ1) is 9.84. The van der Waals surface area contributed by atoms with Crippen LogP contribution in [-0.4, -0.2) is 16.1 Å². The number of hydrogen-bond acceptors (Lipinski definition) is 2. The lowest BCUT2D eigenvalue weighted by atomic mass is 10.1. The van der Waals surface area contributed by atoms with Gasteiger partial charge in [-0.1, -0.05) is 12.1 Å². The second-order valence-corrected chi connectivity index (χ2v) is 4.46. The van der Waals surface area contributed by atoms with Crippen molar-refractivity contribution in [3.63, 3.8) is 0 Å². The van der Waals surface area contributed by atoms with Crippen LogP contribution in [0.5, 0.6) is 0 Å². The van der Waals surface area contributed by atoms with E-state index in [1.54, 1.807) is 0 Å². The van der Waals surface area contributed by atoms with E-state index in [9.17, 15) is 18.0 Å². The minimum atomic E-state index is -4.43. The van der Waals surface area contributed by atoms with Crippen LogP contribution in [0.4, 0.5) is 13.2 Å². The first-order valence-electron chi connectivity index (χ1n) is 5.88. The molecular weight excluding hydrogens is 287 g/mol. The van der Waals surface area contributed by atoms with Gasteiger partial charge in [0.15, 0.2) is 5.58 Å². The summed E-state index contributed by atoms with van der Waals surface area (Å²) in [6.45, 7) is 0. The molecule has 108 valence electrons. The van der Waals surface area contributed by atoms with E-state index in [-0.39, 0.29) is 22.6 Å². The second kappa shape index (κ2) is 4.41. The largest absolute Gasteiger partial charge is 0.477 e. The van der Waals surface area contributed by atoms with Gasteiger partial charge in [-0.2, -0.15) is 13.2 Å². The predicted octanol–water partition coefficient (Wildman–Crippen LogP) is 4.14. The van der Waals surface area contributed by atoms with Crippen LogP contribution >= 0.6 is 0 Å². The summed E-state index contributed by atoms with van der Waals surface area (Å²) in [5, 5.41) is 8.82. The lowest BCUT2D eigenvalue weighted by Crippen LogP contribution is -2.04. The van der Waals surface area contributed by atoms with Gasteiger partial charge in [0.25, 0.3) is 0 Å². The standard InChI is InChI=1S/C14H8F3NO3/c15-14(16,17)8-3-1-2-7(4-8)11-5-9-12(21-11)6-10(18-9)13(19)20/h1-6,18H,(H,19,20). The number of rotatable bonds is 2. The zero-order valence-electron chi connectivity index (χ0n) is 10.4. The monoisotopic (exact) mass is 295 g/mol. The first kappa shape index (κ1) is 13.3. The lowest BCUT2D eigenvalue weighted by Gasteiger charge is -2.07. The molecule has 0 radical (unpaired) electrons. The Balaban J connectivity index is 2.04. The Morgan fingerprint density at radius 1 is 1.19 bits per heavy atom. The third-order valence-corrected chi connectivity index (χ3v) is 3.01. The minimum Gasteiger partial charge on any atom is -0.477 e. The molecular formula is C14H8F3NO3. The summed E-state index contributed by atoms with van der Waals surface area (Å²) in [6.07, 6.45) is -4.43. The van der Waals surface area contributed by atoms with Gasteiger partial charge in [0.2, 0.25) is 0 Å². The fourth-order valence-corrected chi connectivity index (χ4v) is 2.03. The van der Waals surface area contributed by atoms with Crippen LogP contribution in [0.3, 0.4) is 0 Å². The van der Waals surface area contributed by atoms with Crippen molar-refractivity contribution in [3.8, 4) is 11.3 Å².